The number of benzene rings is 2. The third-order valence-electron chi connectivity index (χ3n) is 4.86. The Kier molecular flexibility index (Phi) is 7.36. The average molecular weight is 480 g/mol. The third-order valence-corrected chi connectivity index (χ3v) is 7.24. The molecule has 31 heavy (non-hydrogen) atoms. The van der Waals surface area contributed by atoms with Gasteiger partial charge in [0.1, 0.15) is 0 Å². The number of aromatic nitrogens is 1. The quantitative estimate of drug-likeness (QED) is 0.484. The number of nitrogens with zero attached hydrogens (tertiary/aromatic N) is 3. The van der Waals surface area contributed by atoms with Crippen LogP contribution in [0.5, 0.6) is 0 Å². The molecule has 6 nitrogen and oxygen atoms in total. The molecular formula is C22H26ClN3O3S2. The van der Waals surface area contributed by atoms with E-state index in [0.717, 1.165) is 34.3 Å². The molecule has 0 aliphatic carbocycles. The van der Waals surface area contributed by atoms with Crippen LogP contribution in [-0.4, -0.2) is 57.6 Å². The van der Waals surface area contributed by atoms with Crippen LogP contribution in [0, 0.1) is 6.92 Å². The monoisotopic (exact) mass is 479 g/mol. The number of rotatable bonds is 8. The first kappa shape index (κ1) is 23.7. The second-order valence-corrected chi connectivity index (χ2v) is 11.3. The van der Waals surface area contributed by atoms with Crippen LogP contribution in [0.2, 0.25) is 5.02 Å². The second-order valence-electron chi connectivity index (χ2n) is 7.86. The highest BCUT2D eigenvalue weighted by atomic mass is 35.5. The largest absolute Gasteiger partial charge is 0.309 e. The zero-order valence-electron chi connectivity index (χ0n) is 18.1. The van der Waals surface area contributed by atoms with Gasteiger partial charge in [-0.2, -0.15) is 0 Å². The highest BCUT2D eigenvalue weighted by molar-refractivity contribution is 7.90. The fourth-order valence-corrected chi connectivity index (χ4v) is 5.35. The molecule has 0 saturated carbocycles. The molecule has 0 fully saturated rings. The smallest absolute Gasteiger partial charge is 0.233 e. The van der Waals surface area contributed by atoms with Gasteiger partial charge < -0.3 is 4.90 Å². The molecule has 3 aromatic rings. The van der Waals surface area contributed by atoms with E-state index >= 15 is 0 Å². The molecule has 0 saturated heterocycles. The summed E-state index contributed by atoms with van der Waals surface area (Å²) in [6, 6.07) is 10.2. The van der Waals surface area contributed by atoms with Gasteiger partial charge in [0.05, 0.1) is 21.5 Å². The zero-order valence-corrected chi connectivity index (χ0v) is 20.4. The minimum atomic E-state index is -3.27. The average Bonchev–Trinajstić information content (AvgIpc) is 3.08. The molecule has 0 bridgehead atoms. The van der Waals surface area contributed by atoms with Gasteiger partial charge in [-0.25, -0.2) is 13.4 Å². The fraction of sp³-hybridized carbons (Fsp3) is 0.364. The van der Waals surface area contributed by atoms with Crippen molar-refractivity contribution >= 4 is 54.0 Å². The normalized spacial score (nSPS) is 11.9. The number of carbonyl (C=O) groups is 1. The van der Waals surface area contributed by atoms with Gasteiger partial charge in [-0.3, -0.25) is 9.69 Å². The highest BCUT2D eigenvalue weighted by Crippen LogP contribution is 2.33. The van der Waals surface area contributed by atoms with Gasteiger partial charge in [0.2, 0.25) is 5.91 Å². The van der Waals surface area contributed by atoms with Crippen molar-refractivity contribution in [2.24, 2.45) is 0 Å². The molecular weight excluding hydrogens is 454 g/mol. The van der Waals surface area contributed by atoms with E-state index in [1.54, 1.807) is 17.0 Å². The number of hydrogen-bond acceptors (Lipinski definition) is 6. The van der Waals surface area contributed by atoms with Gasteiger partial charge >= 0.3 is 0 Å². The van der Waals surface area contributed by atoms with Gasteiger partial charge in [0, 0.05) is 17.8 Å². The Morgan fingerprint density at radius 2 is 1.81 bits per heavy atom. The molecule has 0 N–H and O–H groups in total. The Morgan fingerprint density at radius 1 is 1.13 bits per heavy atom. The molecule has 166 valence electrons. The summed E-state index contributed by atoms with van der Waals surface area (Å²) in [6.07, 6.45) is 2.14. The van der Waals surface area contributed by atoms with E-state index in [4.69, 9.17) is 16.6 Å². The number of fused-ring (bicyclic) bond motifs is 1. The number of hydrogen-bond donors (Lipinski definition) is 0. The van der Waals surface area contributed by atoms with Crippen molar-refractivity contribution in [3.8, 4) is 0 Å². The van der Waals surface area contributed by atoms with E-state index in [-0.39, 0.29) is 17.2 Å². The zero-order chi connectivity index (χ0) is 22.8. The van der Waals surface area contributed by atoms with Crippen LogP contribution in [0.4, 0.5) is 5.13 Å². The maximum absolute atomic E-state index is 13.2. The molecule has 1 heterocycles. The molecule has 0 unspecified atom stereocenters. The molecule has 3 rings (SSSR count). The Morgan fingerprint density at radius 3 is 2.42 bits per heavy atom. The Labute approximate surface area is 192 Å². The standard InChI is InChI=1S/C22H26ClN3O3S2/c1-15-12-17(23)14-19-21(15)24-22(30-19)26(11-5-10-25(2)3)20(27)13-16-6-8-18(9-7-16)31(4,28)29/h6-9,12,14H,5,10-11,13H2,1-4H3. The first-order chi connectivity index (χ1) is 14.5. The summed E-state index contributed by atoms with van der Waals surface area (Å²) in [4.78, 5) is 22.0. The van der Waals surface area contributed by atoms with Crippen LogP contribution < -0.4 is 4.90 Å². The van der Waals surface area contributed by atoms with E-state index < -0.39 is 9.84 Å². The van der Waals surface area contributed by atoms with Crippen LogP contribution in [0.3, 0.4) is 0 Å². The van der Waals surface area contributed by atoms with Crippen LogP contribution in [0.1, 0.15) is 17.5 Å². The summed E-state index contributed by atoms with van der Waals surface area (Å²) in [5.74, 6) is -0.0753. The lowest BCUT2D eigenvalue weighted by atomic mass is 10.1. The molecule has 0 aliphatic heterocycles. The molecule has 9 heteroatoms. The Hall–Kier alpha value is -2.00. The lowest BCUT2D eigenvalue weighted by Gasteiger charge is -2.21. The first-order valence-corrected chi connectivity index (χ1v) is 12.9. The van der Waals surface area contributed by atoms with Gasteiger partial charge in [0.25, 0.3) is 0 Å². The van der Waals surface area contributed by atoms with E-state index in [2.05, 4.69) is 4.90 Å². The predicted molar refractivity (Wildman–Crippen MR) is 128 cm³/mol. The number of sulfone groups is 1. The minimum absolute atomic E-state index is 0.0753. The first-order valence-electron chi connectivity index (χ1n) is 9.85. The molecule has 0 aliphatic rings. The van der Waals surface area contributed by atoms with Crippen molar-refractivity contribution in [3.05, 3.63) is 52.5 Å². The molecule has 0 spiro atoms. The minimum Gasteiger partial charge on any atom is -0.309 e. The van der Waals surface area contributed by atoms with Gasteiger partial charge in [-0.05, 0) is 69.4 Å². The van der Waals surface area contributed by atoms with E-state index in [9.17, 15) is 13.2 Å². The number of anilines is 1. The topological polar surface area (TPSA) is 70.6 Å². The summed E-state index contributed by atoms with van der Waals surface area (Å²) in [6.45, 7) is 3.35. The van der Waals surface area contributed by atoms with Crippen molar-refractivity contribution in [3.63, 3.8) is 0 Å². The summed E-state index contributed by atoms with van der Waals surface area (Å²) in [7, 11) is 0.728. The lowest BCUT2D eigenvalue weighted by molar-refractivity contribution is -0.118. The van der Waals surface area contributed by atoms with Crippen molar-refractivity contribution in [2.75, 3.05) is 38.3 Å². The maximum Gasteiger partial charge on any atom is 0.233 e. The summed E-state index contributed by atoms with van der Waals surface area (Å²) in [5.41, 5.74) is 2.59. The predicted octanol–water partition coefficient (Wildman–Crippen LogP) is 4.19. The van der Waals surface area contributed by atoms with Crippen LogP contribution in [-0.2, 0) is 21.1 Å². The number of aryl methyl sites for hydroxylation is 1. The van der Waals surface area contributed by atoms with Crippen molar-refractivity contribution < 1.29 is 13.2 Å². The molecule has 0 radical (unpaired) electrons. The van der Waals surface area contributed by atoms with Crippen molar-refractivity contribution in [2.45, 2.75) is 24.7 Å². The SMILES string of the molecule is Cc1cc(Cl)cc2sc(N(CCCN(C)C)C(=O)Cc3ccc(S(C)(=O)=O)cc3)nc12. The number of thiazole rings is 1. The lowest BCUT2D eigenvalue weighted by Crippen LogP contribution is -2.34. The number of halogens is 1. The summed E-state index contributed by atoms with van der Waals surface area (Å²) < 4.78 is 24.3. The summed E-state index contributed by atoms with van der Waals surface area (Å²) in [5, 5.41) is 1.30. The van der Waals surface area contributed by atoms with Crippen molar-refractivity contribution in [1.29, 1.82) is 0 Å². The molecule has 1 aromatic heterocycles. The van der Waals surface area contributed by atoms with Gasteiger partial charge in [-0.1, -0.05) is 35.1 Å². The Bertz CT molecular complexity index is 1190. The molecule has 1 amide bonds. The van der Waals surface area contributed by atoms with Crippen molar-refractivity contribution in [1.82, 2.24) is 9.88 Å². The second kappa shape index (κ2) is 9.65. The van der Waals surface area contributed by atoms with E-state index in [0.29, 0.717) is 16.7 Å². The Balaban J connectivity index is 1.87. The van der Waals surface area contributed by atoms with Gasteiger partial charge in [-0.15, -0.1) is 0 Å². The van der Waals surface area contributed by atoms with Crippen LogP contribution >= 0.6 is 22.9 Å². The number of carbonyl (C=O) groups excluding carboxylic acids is 1. The van der Waals surface area contributed by atoms with Crippen LogP contribution in [0.25, 0.3) is 10.2 Å². The third kappa shape index (κ3) is 6.04. The van der Waals surface area contributed by atoms with E-state index in [1.807, 2.05) is 33.2 Å². The van der Waals surface area contributed by atoms with Crippen LogP contribution in [0.15, 0.2) is 41.3 Å². The maximum atomic E-state index is 13.2. The fourth-order valence-electron chi connectivity index (χ4n) is 3.25. The van der Waals surface area contributed by atoms with Gasteiger partial charge in [0.15, 0.2) is 15.0 Å². The summed E-state index contributed by atoms with van der Waals surface area (Å²) >= 11 is 7.65. The molecule has 2 aromatic carbocycles. The molecule has 0 atom stereocenters. The van der Waals surface area contributed by atoms with E-state index in [1.165, 1.54) is 29.7 Å². The number of amides is 1. The highest BCUT2D eigenvalue weighted by Gasteiger charge is 2.21.